The number of anilines is 2. The Labute approximate surface area is 145 Å². The third kappa shape index (κ3) is 4.30. The summed E-state index contributed by atoms with van der Waals surface area (Å²) < 4.78 is 5.64. The van der Waals surface area contributed by atoms with Gasteiger partial charge < -0.3 is 15.8 Å². The van der Waals surface area contributed by atoms with Gasteiger partial charge in [0.15, 0.2) is 6.61 Å². The Balaban J connectivity index is 2.04. The lowest BCUT2D eigenvalue weighted by Crippen LogP contribution is -2.20. The van der Waals surface area contributed by atoms with E-state index in [4.69, 9.17) is 33.7 Å². The maximum atomic E-state index is 12.0. The second-order valence-electron chi connectivity index (χ2n) is 5.42. The number of amides is 1. The van der Waals surface area contributed by atoms with Crippen molar-refractivity contribution in [3.05, 3.63) is 51.0 Å². The quantitative estimate of drug-likeness (QED) is 0.795. The van der Waals surface area contributed by atoms with E-state index < -0.39 is 0 Å². The van der Waals surface area contributed by atoms with Crippen LogP contribution in [0.2, 0.25) is 10.0 Å². The number of halogens is 2. The van der Waals surface area contributed by atoms with Gasteiger partial charge in [-0.25, -0.2) is 0 Å². The van der Waals surface area contributed by atoms with Gasteiger partial charge in [-0.3, -0.25) is 4.79 Å². The molecule has 2 aromatic rings. The lowest BCUT2D eigenvalue weighted by molar-refractivity contribution is -0.118. The standard InChI is InChI=1S/C17H18Cl2N2O2/c1-9-4-10(2)17(11(3)5-9)23-8-15(22)21-12-6-13(18)16(20)14(19)7-12/h4-7H,8,20H2,1-3H3,(H,21,22). The number of benzene rings is 2. The van der Waals surface area contributed by atoms with Gasteiger partial charge in [0, 0.05) is 5.69 Å². The maximum absolute atomic E-state index is 12.0. The molecule has 122 valence electrons. The molecule has 0 unspecified atom stereocenters. The molecule has 2 rings (SSSR count). The van der Waals surface area contributed by atoms with Crippen LogP contribution in [0, 0.1) is 20.8 Å². The van der Waals surface area contributed by atoms with Gasteiger partial charge in [-0.15, -0.1) is 0 Å². The summed E-state index contributed by atoms with van der Waals surface area (Å²) in [7, 11) is 0. The van der Waals surface area contributed by atoms with Crippen molar-refractivity contribution in [3.8, 4) is 5.75 Å². The summed E-state index contributed by atoms with van der Waals surface area (Å²) in [6.45, 7) is 5.81. The van der Waals surface area contributed by atoms with Crippen LogP contribution in [0.4, 0.5) is 11.4 Å². The molecule has 0 saturated carbocycles. The minimum atomic E-state index is -0.304. The number of nitrogen functional groups attached to an aromatic ring is 1. The number of rotatable bonds is 4. The first kappa shape index (κ1) is 17.4. The minimum Gasteiger partial charge on any atom is -0.483 e. The van der Waals surface area contributed by atoms with Crippen molar-refractivity contribution in [1.29, 1.82) is 0 Å². The molecule has 2 aromatic carbocycles. The Bertz CT molecular complexity index is 714. The van der Waals surface area contributed by atoms with Gasteiger partial charge in [-0.2, -0.15) is 0 Å². The first-order valence-electron chi connectivity index (χ1n) is 7.03. The van der Waals surface area contributed by atoms with Gasteiger partial charge in [0.2, 0.25) is 0 Å². The average Bonchev–Trinajstić information content (AvgIpc) is 2.43. The number of aryl methyl sites for hydroxylation is 3. The summed E-state index contributed by atoms with van der Waals surface area (Å²) >= 11 is 11.9. The molecular formula is C17H18Cl2N2O2. The molecule has 0 heterocycles. The molecule has 1 amide bonds. The van der Waals surface area contributed by atoms with Gasteiger partial charge >= 0.3 is 0 Å². The van der Waals surface area contributed by atoms with E-state index in [1.54, 1.807) is 12.1 Å². The van der Waals surface area contributed by atoms with Crippen LogP contribution in [0.25, 0.3) is 0 Å². The minimum absolute atomic E-state index is 0.107. The maximum Gasteiger partial charge on any atom is 0.262 e. The molecule has 0 spiro atoms. The SMILES string of the molecule is Cc1cc(C)c(OCC(=O)Nc2cc(Cl)c(N)c(Cl)c2)c(C)c1. The van der Waals surface area contributed by atoms with Crippen molar-refractivity contribution in [3.63, 3.8) is 0 Å². The van der Waals surface area contributed by atoms with Crippen LogP contribution in [0.3, 0.4) is 0 Å². The van der Waals surface area contributed by atoms with Crippen molar-refractivity contribution in [1.82, 2.24) is 0 Å². The van der Waals surface area contributed by atoms with Crippen molar-refractivity contribution < 1.29 is 9.53 Å². The summed E-state index contributed by atoms with van der Waals surface area (Å²) in [5.74, 6) is 0.417. The number of nitrogens with two attached hydrogens (primary N) is 1. The average molecular weight is 353 g/mol. The van der Waals surface area contributed by atoms with E-state index in [-0.39, 0.29) is 18.2 Å². The highest BCUT2D eigenvalue weighted by atomic mass is 35.5. The number of carbonyl (C=O) groups is 1. The van der Waals surface area contributed by atoms with E-state index in [9.17, 15) is 4.79 Å². The van der Waals surface area contributed by atoms with E-state index in [0.717, 1.165) is 22.4 Å². The molecule has 0 radical (unpaired) electrons. The first-order valence-corrected chi connectivity index (χ1v) is 7.78. The number of nitrogens with one attached hydrogen (secondary N) is 1. The Morgan fingerprint density at radius 2 is 1.61 bits per heavy atom. The summed E-state index contributed by atoms with van der Waals surface area (Å²) in [5, 5.41) is 3.26. The molecule has 0 aliphatic carbocycles. The highest BCUT2D eigenvalue weighted by molar-refractivity contribution is 6.39. The van der Waals surface area contributed by atoms with Gasteiger partial charge in [0.1, 0.15) is 5.75 Å². The van der Waals surface area contributed by atoms with Gasteiger partial charge in [0.25, 0.3) is 5.91 Å². The molecule has 0 aliphatic rings. The number of carbonyl (C=O) groups excluding carboxylic acids is 1. The molecule has 0 bridgehead atoms. The molecule has 4 nitrogen and oxygen atoms in total. The van der Waals surface area contributed by atoms with Crippen LogP contribution in [0.5, 0.6) is 5.75 Å². The summed E-state index contributed by atoms with van der Waals surface area (Å²) in [6.07, 6.45) is 0. The van der Waals surface area contributed by atoms with Crippen LogP contribution in [0.15, 0.2) is 24.3 Å². The third-order valence-electron chi connectivity index (χ3n) is 3.32. The smallest absolute Gasteiger partial charge is 0.262 e. The van der Waals surface area contributed by atoms with Crippen molar-refractivity contribution in [2.45, 2.75) is 20.8 Å². The molecule has 0 aromatic heterocycles. The normalized spacial score (nSPS) is 10.5. The largest absolute Gasteiger partial charge is 0.483 e. The fourth-order valence-electron chi connectivity index (χ4n) is 2.39. The molecule has 6 heteroatoms. The second-order valence-corrected chi connectivity index (χ2v) is 6.23. The number of hydrogen-bond acceptors (Lipinski definition) is 3. The molecular weight excluding hydrogens is 335 g/mol. The highest BCUT2D eigenvalue weighted by Gasteiger charge is 2.10. The van der Waals surface area contributed by atoms with Crippen LogP contribution in [-0.4, -0.2) is 12.5 Å². The van der Waals surface area contributed by atoms with Crippen molar-refractivity contribution in [2.75, 3.05) is 17.7 Å². The summed E-state index contributed by atoms with van der Waals surface area (Å²) in [5.41, 5.74) is 9.56. The van der Waals surface area contributed by atoms with Gasteiger partial charge in [-0.1, -0.05) is 40.9 Å². The van der Waals surface area contributed by atoms with E-state index in [0.29, 0.717) is 15.7 Å². The van der Waals surface area contributed by atoms with Gasteiger partial charge in [0.05, 0.1) is 15.7 Å². The Morgan fingerprint density at radius 3 is 2.13 bits per heavy atom. The molecule has 0 saturated heterocycles. The molecule has 0 fully saturated rings. The topological polar surface area (TPSA) is 64.3 Å². The molecule has 3 N–H and O–H groups in total. The lowest BCUT2D eigenvalue weighted by Gasteiger charge is -2.13. The van der Waals surface area contributed by atoms with Gasteiger partial charge in [-0.05, 0) is 44.0 Å². The van der Waals surface area contributed by atoms with E-state index >= 15 is 0 Å². The highest BCUT2D eigenvalue weighted by Crippen LogP contribution is 2.31. The van der Waals surface area contributed by atoms with Crippen LogP contribution in [-0.2, 0) is 4.79 Å². The van der Waals surface area contributed by atoms with E-state index in [1.807, 2.05) is 32.9 Å². The van der Waals surface area contributed by atoms with Crippen LogP contribution >= 0.6 is 23.2 Å². The summed E-state index contributed by atoms with van der Waals surface area (Å²) in [6, 6.07) is 7.12. The van der Waals surface area contributed by atoms with Crippen LogP contribution < -0.4 is 15.8 Å². The first-order chi connectivity index (χ1) is 10.8. The fourth-order valence-corrected chi connectivity index (χ4v) is 2.87. The third-order valence-corrected chi connectivity index (χ3v) is 3.94. The fraction of sp³-hybridized carbons (Fsp3) is 0.235. The number of ether oxygens (including phenoxy) is 1. The predicted molar refractivity (Wildman–Crippen MR) is 95.7 cm³/mol. The van der Waals surface area contributed by atoms with E-state index in [1.165, 1.54) is 0 Å². The van der Waals surface area contributed by atoms with Crippen LogP contribution in [0.1, 0.15) is 16.7 Å². The zero-order valence-electron chi connectivity index (χ0n) is 13.2. The predicted octanol–water partition coefficient (Wildman–Crippen LogP) is 4.52. The zero-order chi connectivity index (χ0) is 17.1. The Hall–Kier alpha value is -1.91. The van der Waals surface area contributed by atoms with Crippen molar-refractivity contribution >= 4 is 40.5 Å². The van der Waals surface area contributed by atoms with Crippen molar-refractivity contribution in [2.24, 2.45) is 0 Å². The molecule has 0 atom stereocenters. The molecule has 23 heavy (non-hydrogen) atoms. The Morgan fingerprint density at radius 1 is 1.09 bits per heavy atom. The molecule has 0 aliphatic heterocycles. The lowest BCUT2D eigenvalue weighted by atomic mass is 10.1. The zero-order valence-corrected chi connectivity index (χ0v) is 14.7. The second kappa shape index (κ2) is 7.11. The number of hydrogen-bond donors (Lipinski definition) is 2. The monoisotopic (exact) mass is 352 g/mol. The Kier molecular flexibility index (Phi) is 5.39. The van der Waals surface area contributed by atoms with E-state index in [2.05, 4.69) is 5.32 Å². The summed E-state index contributed by atoms with van der Waals surface area (Å²) in [4.78, 5) is 12.0.